The second-order valence-corrected chi connectivity index (χ2v) is 6.98. The molecule has 1 N–H and O–H groups in total. The molecule has 21 heavy (non-hydrogen) atoms. The SMILES string of the molecule is CC(CNCc1cccs1)N1CCC(c2ccccc2)C1. The van der Waals surface area contributed by atoms with Gasteiger partial charge in [0.05, 0.1) is 0 Å². The summed E-state index contributed by atoms with van der Waals surface area (Å²) in [4.78, 5) is 4.05. The van der Waals surface area contributed by atoms with Gasteiger partial charge in [-0.3, -0.25) is 4.90 Å². The number of nitrogens with zero attached hydrogens (tertiary/aromatic N) is 1. The Morgan fingerprint density at radius 3 is 2.86 bits per heavy atom. The van der Waals surface area contributed by atoms with Crippen LogP contribution in [-0.2, 0) is 6.54 Å². The summed E-state index contributed by atoms with van der Waals surface area (Å²) in [6.45, 7) is 6.83. The average molecular weight is 300 g/mol. The molecule has 0 spiro atoms. The molecule has 2 unspecified atom stereocenters. The van der Waals surface area contributed by atoms with Gasteiger partial charge in [0.25, 0.3) is 0 Å². The van der Waals surface area contributed by atoms with Gasteiger partial charge in [0.2, 0.25) is 0 Å². The summed E-state index contributed by atoms with van der Waals surface area (Å²) < 4.78 is 0. The molecule has 1 saturated heterocycles. The highest BCUT2D eigenvalue weighted by Gasteiger charge is 2.26. The molecule has 2 nitrogen and oxygen atoms in total. The van der Waals surface area contributed by atoms with Crippen molar-refractivity contribution in [1.29, 1.82) is 0 Å². The molecule has 0 aliphatic carbocycles. The number of hydrogen-bond acceptors (Lipinski definition) is 3. The van der Waals surface area contributed by atoms with Crippen molar-refractivity contribution < 1.29 is 0 Å². The molecule has 112 valence electrons. The van der Waals surface area contributed by atoms with Crippen LogP contribution in [0, 0.1) is 0 Å². The van der Waals surface area contributed by atoms with Crippen LogP contribution < -0.4 is 5.32 Å². The highest BCUT2D eigenvalue weighted by Crippen LogP contribution is 2.27. The molecule has 2 heterocycles. The van der Waals surface area contributed by atoms with E-state index < -0.39 is 0 Å². The summed E-state index contributed by atoms with van der Waals surface area (Å²) >= 11 is 1.83. The third-order valence-electron chi connectivity index (χ3n) is 4.43. The maximum absolute atomic E-state index is 3.59. The van der Waals surface area contributed by atoms with Crippen LogP contribution in [0.2, 0.25) is 0 Å². The number of likely N-dealkylation sites (tertiary alicyclic amines) is 1. The molecule has 0 radical (unpaired) electrons. The Kier molecular flexibility index (Phi) is 5.07. The monoisotopic (exact) mass is 300 g/mol. The maximum Gasteiger partial charge on any atom is 0.0300 e. The van der Waals surface area contributed by atoms with Crippen LogP contribution in [0.25, 0.3) is 0 Å². The van der Waals surface area contributed by atoms with Crippen molar-refractivity contribution in [2.75, 3.05) is 19.6 Å². The van der Waals surface area contributed by atoms with Crippen LogP contribution >= 0.6 is 11.3 Å². The second-order valence-electron chi connectivity index (χ2n) is 5.95. The zero-order valence-corrected chi connectivity index (χ0v) is 13.5. The topological polar surface area (TPSA) is 15.3 Å². The van der Waals surface area contributed by atoms with E-state index in [9.17, 15) is 0 Å². The summed E-state index contributed by atoms with van der Waals surface area (Å²) in [5.41, 5.74) is 1.50. The molecule has 2 atom stereocenters. The van der Waals surface area contributed by atoms with E-state index in [1.54, 1.807) is 0 Å². The molecule has 1 fully saturated rings. The van der Waals surface area contributed by atoms with Crippen molar-refractivity contribution in [3.8, 4) is 0 Å². The van der Waals surface area contributed by atoms with Gasteiger partial charge in [-0.15, -0.1) is 11.3 Å². The third kappa shape index (κ3) is 3.94. The number of rotatable bonds is 6. The Hall–Kier alpha value is -1.16. The zero-order valence-electron chi connectivity index (χ0n) is 12.7. The van der Waals surface area contributed by atoms with Crippen molar-refractivity contribution in [2.24, 2.45) is 0 Å². The minimum absolute atomic E-state index is 0.610. The van der Waals surface area contributed by atoms with Gasteiger partial charge >= 0.3 is 0 Å². The highest BCUT2D eigenvalue weighted by molar-refractivity contribution is 7.09. The normalized spacial score (nSPS) is 20.7. The fourth-order valence-corrected chi connectivity index (χ4v) is 3.81. The van der Waals surface area contributed by atoms with E-state index in [4.69, 9.17) is 0 Å². The van der Waals surface area contributed by atoms with Crippen LogP contribution in [0.4, 0.5) is 0 Å². The Labute approximate surface area is 131 Å². The van der Waals surface area contributed by atoms with Gasteiger partial charge in [-0.1, -0.05) is 36.4 Å². The quantitative estimate of drug-likeness (QED) is 0.875. The molecular formula is C18H24N2S. The van der Waals surface area contributed by atoms with Crippen molar-refractivity contribution >= 4 is 11.3 Å². The first kappa shape index (κ1) is 14.8. The lowest BCUT2D eigenvalue weighted by molar-refractivity contribution is 0.249. The van der Waals surface area contributed by atoms with Gasteiger partial charge in [-0.25, -0.2) is 0 Å². The average Bonchev–Trinajstić information content (AvgIpc) is 3.20. The summed E-state index contributed by atoms with van der Waals surface area (Å²) in [6.07, 6.45) is 1.29. The lowest BCUT2D eigenvalue weighted by atomic mass is 9.99. The highest BCUT2D eigenvalue weighted by atomic mass is 32.1. The number of nitrogens with one attached hydrogen (secondary N) is 1. The van der Waals surface area contributed by atoms with Gasteiger partial charge in [0.1, 0.15) is 0 Å². The van der Waals surface area contributed by atoms with E-state index in [2.05, 4.69) is 65.0 Å². The van der Waals surface area contributed by atoms with E-state index in [0.717, 1.165) is 13.1 Å². The standard InChI is InChI=1S/C18H24N2S/c1-15(12-19-13-18-8-5-11-21-18)20-10-9-17(14-20)16-6-3-2-4-7-16/h2-8,11,15,17,19H,9-10,12-14H2,1H3. The molecule has 0 bridgehead atoms. The number of hydrogen-bond donors (Lipinski definition) is 1. The van der Waals surface area contributed by atoms with Gasteiger partial charge < -0.3 is 5.32 Å². The molecule has 0 amide bonds. The second kappa shape index (κ2) is 7.21. The molecule has 1 aliphatic rings. The summed E-state index contributed by atoms with van der Waals surface area (Å²) in [6, 6.07) is 15.9. The minimum Gasteiger partial charge on any atom is -0.310 e. The summed E-state index contributed by atoms with van der Waals surface area (Å²) in [5.74, 6) is 0.714. The van der Waals surface area contributed by atoms with Gasteiger partial charge in [0, 0.05) is 30.6 Å². The molecule has 1 aromatic heterocycles. The molecule has 0 saturated carbocycles. The van der Waals surface area contributed by atoms with Crippen LogP contribution in [-0.4, -0.2) is 30.6 Å². The predicted molar refractivity (Wildman–Crippen MR) is 90.9 cm³/mol. The smallest absolute Gasteiger partial charge is 0.0300 e. The maximum atomic E-state index is 3.59. The van der Waals surface area contributed by atoms with Crippen molar-refractivity contribution in [1.82, 2.24) is 10.2 Å². The van der Waals surface area contributed by atoms with Crippen LogP contribution in [0.1, 0.15) is 29.7 Å². The Balaban J connectivity index is 1.45. The first-order chi connectivity index (χ1) is 10.3. The summed E-state index contributed by atoms with van der Waals surface area (Å²) in [5, 5.41) is 5.73. The lowest BCUT2D eigenvalue weighted by Crippen LogP contribution is -2.38. The van der Waals surface area contributed by atoms with Crippen LogP contribution in [0.3, 0.4) is 0 Å². The number of benzene rings is 1. The first-order valence-electron chi connectivity index (χ1n) is 7.85. The van der Waals surface area contributed by atoms with E-state index in [-0.39, 0.29) is 0 Å². The summed E-state index contributed by atoms with van der Waals surface area (Å²) in [7, 11) is 0. The van der Waals surface area contributed by atoms with Crippen molar-refractivity contribution in [2.45, 2.75) is 31.8 Å². The van der Waals surface area contributed by atoms with E-state index in [1.807, 2.05) is 11.3 Å². The third-order valence-corrected chi connectivity index (χ3v) is 5.31. The fraction of sp³-hybridized carbons (Fsp3) is 0.444. The zero-order chi connectivity index (χ0) is 14.5. The lowest BCUT2D eigenvalue weighted by Gasteiger charge is -2.24. The minimum atomic E-state index is 0.610. The molecule has 3 heteroatoms. The van der Waals surface area contributed by atoms with Crippen molar-refractivity contribution in [3.63, 3.8) is 0 Å². The molecular weight excluding hydrogens is 276 g/mol. The Morgan fingerprint density at radius 2 is 2.10 bits per heavy atom. The molecule has 1 aliphatic heterocycles. The molecule has 3 rings (SSSR count). The van der Waals surface area contributed by atoms with Gasteiger partial charge in [0.15, 0.2) is 0 Å². The largest absolute Gasteiger partial charge is 0.310 e. The fourth-order valence-electron chi connectivity index (χ4n) is 3.13. The molecule has 1 aromatic carbocycles. The van der Waals surface area contributed by atoms with Crippen LogP contribution in [0.5, 0.6) is 0 Å². The van der Waals surface area contributed by atoms with E-state index in [0.29, 0.717) is 12.0 Å². The Morgan fingerprint density at radius 1 is 1.24 bits per heavy atom. The first-order valence-corrected chi connectivity index (χ1v) is 8.73. The predicted octanol–water partition coefficient (Wildman–Crippen LogP) is 3.72. The van der Waals surface area contributed by atoms with Crippen molar-refractivity contribution in [3.05, 3.63) is 58.3 Å². The van der Waals surface area contributed by atoms with Gasteiger partial charge in [-0.2, -0.15) is 0 Å². The number of thiophene rings is 1. The van der Waals surface area contributed by atoms with Crippen LogP contribution in [0.15, 0.2) is 47.8 Å². The Bertz CT molecular complexity index is 523. The van der Waals surface area contributed by atoms with E-state index in [1.165, 1.54) is 30.0 Å². The van der Waals surface area contributed by atoms with Gasteiger partial charge in [-0.05, 0) is 42.8 Å². The molecule has 2 aromatic rings. The van der Waals surface area contributed by atoms with E-state index >= 15 is 0 Å².